The predicted octanol–water partition coefficient (Wildman–Crippen LogP) is 2.13. The van der Waals surface area contributed by atoms with E-state index in [2.05, 4.69) is 4.74 Å². The smallest absolute Gasteiger partial charge is 0.307 e. The summed E-state index contributed by atoms with van der Waals surface area (Å²) in [5, 5.41) is 0. The standard InChI is InChI=1S/C13H14F3NO3/c1-3-20-11(18)4-5-17(2)13(19)8-6-9(14)12(16)10(15)7-8/h6-7H,3-5H2,1-2H3. The third-order valence-corrected chi connectivity index (χ3v) is 2.53. The quantitative estimate of drug-likeness (QED) is 0.616. The van der Waals surface area contributed by atoms with Crippen LogP contribution in [-0.2, 0) is 9.53 Å². The van der Waals surface area contributed by atoms with Crippen LogP contribution in [0.1, 0.15) is 23.7 Å². The lowest BCUT2D eigenvalue weighted by Crippen LogP contribution is -2.29. The van der Waals surface area contributed by atoms with Crippen molar-refractivity contribution in [2.45, 2.75) is 13.3 Å². The molecule has 0 aliphatic rings. The van der Waals surface area contributed by atoms with Crippen LogP contribution in [0, 0.1) is 17.5 Å². The topological polar surface area (TPSA) is 46.6 Å². The second kappa shape index (κ2) is 6.93. The Labute approximate surface area is 114 Å². The van der Waals surface area contributed by atoms with Crippen LogP contribution in [0.5, 0.6) is 0 Å². The summed E-state index contributed by atoms with van der Waals surface area (Å²) in [6.45, 7) is 1.90. The summed E-state index contributed by atoms with van der Waals surface area (Å²) in [6, 6.07) is 1.23. The summed E-state index contributed by atoms with van der Waals surface area (Å²) in [5.41, 5.74) is -0.326. The number of amides is 1. The molecule has 1 aromatic rings. The minimum atomic E-state index is -1.63. The van der Waals surface area contributed by atoms with E-state index < -0.39 is 29.3 Å². The molecule has 1 aromatic carbocycles. The molecule has 0 aliphatic carbocycles. The SMILES string of the molecule is CCOC(=O)CCN(C)C(=O)c1cc(F)c(F)c(F)c1. The summed E-state index contributed by atoms with van der Waals surface area (Å²) in [7, 11) is 1.36. The lowest BCUT2D eigenvalue weighted by atomic mass is 10.2. The van der Waals surface area contributed by atoms with Crippen LogP contribution in [0.3, 0.4) is 0 Å². The first-order valence-corrected chi connectivity index (χ1v) is 5.92. The van der Waals surface area contributed by atoms with Gasteiger partial charge >= 0.3 is 5.97 Å². The third kappa shape index (κ3) is 3.97. The Morgan fingerprint density at radius 1 is 1.20 bits per heavy atom. The maximum atomic E-state index is 13.0. The number of carbonyl (C=O) groups is 2. The Bertz CT molecular complexity index is 497. The highest BCUT2D eigenvalue weighted by Crippen LogP contribution is 2.15. The number of nitrogens with zero attached hydrogens (tertiary/aromatic N) is 1. The monoisotopic (exact) mass is 289 g/mol. The number of esters is 1. The summed E-state index contributed by atoms with van der Waals surface area (Å²) in [5.74, 6) is -5.70. The molecule has 0 heterocycles. The third-order valence-electron chi connectivity index (χ3n) is 2.53. The van der Waals surface area contributed by atoms with Gasteiger partial charge in [0.25, 0.3) is 5.91 Å². The van der Waals surface area contributed by atoms with Gasteiger partial charge < -0.3 is 9.64 Å². The first kappa shape index (κ1) is 16.0. The van der Waals surface area contributed by atoms with Gasteiger partial charge in [0.15, 0.2) is 17.5 Å². The number of rotatable bonds is 5. The lowest BCUT2D eigenvalue weighted by Gasteiger charge is -2.16. The highest BCUT2D eigenvalue weighted by atomic mass is 19.2. The van der Waals surface area contributed by atoms with Gasteiger partial charge in [0.2, 0.25) is 0 Å². The zero-order valence-electron chi connectivity index (χ0n) is 11.1. The van der Waals surface area contributed by atoms with Gasteiger partial charge in [-0.3, -0.25) is 9.59 Å². The number of halogens is 3. The molecule has 0 atom stereocenters. The molecular formula is C13H14F3NO3. The average Bonchev–Trinajstić information content (AvgIpc) is 2.41. The minimum absolute atomic E-state index is 0.0261. The molecular weight excluding hydrogens is 275 g/mol. The largest absolute Gasteiger partial charge is 0.466 e. The van der Waals surface area contributed by atoms with E-state index >= 15 is 0 Å². The van der Waals surface area contributed by atoms with Crippen LogP contribution in [-0.4, -0.2) is 37.0 Å². The molecule has 0 saturated heterocycles. The van der Waals surface area contributed by atoms with Crippen LogP contribution in [0.2, 0.25) is 0 Å². The van der Waals surface area contributed by atoms with Gasteiger partial charge in [-0.15, -0.1) is 0 Å². The van der Waals surface area contributed by atoms with Gasteiger partial charge in [-0.1, -0.05) is 0 Å². The Morgan fingerprint density at radius 3 is 2.25 bits per heavy atom. The van der Waals surface area contributed by atoms with Crippen molar-refractivity contribution in [2.24, 2.45) is 0 Å². The summed E-state index contributed by atoms with van der Waals surface area (Å²) in [6.07, 6.45) is -0.0394. The number of ether oxygens (including phenoxy) is 1. The van der Waals surface area contributed by atoms with Crippen molar-refractivity contribution in [1.29, 1.82) is 0 Å². The van der Waals surface area contributed by atoms with E-state index in [-0.39, 0.29) is 25.1 Å². The van der Waals surface area contributed by atoms with E-state index in [4.69, 9.17) is 0 Å². The highest BCUT2D eigenvalue weighted by molar-refractivity contribution is 5.94. The van der Waals surface area contributed by atoms with Crippen LogP contribution in [0.15, 0.2) is 12.1 Å². The summed E-state index contributed by atoms with van der Waals surface area (Å²) < 4.78 is 43.5. The molecule has 0 aromatic heterocycles. The maximum Gasteiger partial charge on any atom is 0.307 e. The van der Waals surface area contributed by atoms with Crippen LogP contribution in [0.25, 0.3) is 0 Å². The van der Waals surface area contributed by atoms with Gasteiger partial charge in [-0.05, 0) is 19.1 Å². The Morgan fingerprint density at radius 2 is 1.75 bits per heavy atom. The van der Waals surface area contributed by atoms with Gasteiger partial charge in [0, 0.05) is 19.2 Å². The molecule has 0 N–H and O–H groups in total. The summed E-state index contributed by atoms with van der Waals surface area (Å²) in [4.78, 5) is 24.1. The first-order chi connectivity index (χ1) is 9.36. The normalized spacial score (nSPS) is 10.2. The molecule has 0 bridgehead atoms. The van der Waals surface area contributed by atoms with E-state index in [1.165, 1.54) is 7.05 Å². The Kier molecular flexibility index (Phi) is 5.54. The first-order valence-electron chi connectivity index (χ1n) is 5.92. The van der Waals surface area contributed by atoms with Crippen molar-refractivity contribution in [3.8, 4) is 0 Å². The molecule has 0 saturated carbocycles. The van der Waals surface area contributed by atoms with E-state index in [9.17, 15) is 22.8 Å². The van der Waals surface area contributed by atoms with Crippen molar-refractivity contribution in [3.05, 3.63) is 35.1 Å². The number of benzene rings is 1. The Hall–Kier alpha value is -2.05. The van der Waals surface area contributed by atoms with Gasteiger partial charge in [-0.25, -0.2) is 13.2 Å². The minimum Gasteiger partial charge on any atom is -0.466 e. The van der Waals surface area contributed by atoms with E-state index in [1.807, 2.05) is 0 Å². The van der Waals surface area contributed by atoms with E-state index in [0.29, 0.717) is 12.1 Å². The fraction of sp³-hybridized carbons (Fsp3) is 0.385. The van der Waals surface area contributed by atoms with Crippen molar-refractivity contribution >= 4 is 11.9 Å². The maximum absolute atomic E-state index is 13.0. The second-order valence-corrected chi connectivity index (χ2v) is 4.04. The predicted molar refractivity (Wildman–Crippen MR) is 64.5 cm³/mol. The molecule has 0 fully saturated rings. The van der Waals surface area contributed by atoms with Gasteiger partial charge in [0.05, 0.1) is 13.0 Å². The molecule has 0 aliphatic heterocycles. The van der Waals surface area contributed by atoms with E-state index in [1.54, 1.807) is 6.92 Å². The fourth-order valence-electron chi connectivity index (χ4n) is 1.49. The van der Waals surface area contributed by atoms with Crippen LogP contribution in [0.4, 0.5) is 13.2 Å². The molecule has 0 unspecified atom stereocenters. The molecule has 1 amide bonds. The zero-order chi connectivity index (χ0) is 15.3. The van der Waals surface area contributed by atoms with Gasteiger partial charge in [-0.2, -0.15) is 0 Å². The molecule has 7 heteroatoms. The van der Waals surface area contributed by atoms with Crippen LogP contribution >= 0.6 is 0 Å². The molecule has 4 nitrogen and oxygen atoms in total. The highest BCUT2D eigenvalue weighted by Gasteiger charge is 2.18. The zero-order valence-corrected chi connectivity index (χ0v) is 11.1. The molecule has 0 radical (unpaired) electrons. The lowest BCUT2D eigenvalue weighted by molar-refractivity contribution is -0.143. The van der Waals surface area contributed by atoms with Crippen LogP contribution < -0.4 is 0 Å². The number of carbonyl (C=O) groups excluding carboxylic acids is 2. The molecule has 1 rings (SSSR count). The fourth-order valence-corrected chi connectivity index (χ4v) is 1.49. The summed E-state index contributed by atoms with van der Waals surface area (Å²) >= 11 is 0. The molecule has 0 spiro atoms. The van der Waals surface area contributed by atoms with Crippen molar-refractivity contribution < 1.29 is 27.5 Å². The molecule has 20 heavy (non-hydrogen) atoms. The van der Waals surface area contributed by atoms with E-state index in [0.717, 1.165) is 4.90 Å². The van der Waals surface area contributed by atoms with Crippen molar-refractivity contribution in [2.75, 3.05) is 20.2 Å². The second-order valence-electron chi connectivity index (χ2n) is 4.04. The van der Waals surface area contributed by atoms with Crippen molar-refractivity contribution in [1.82, 2.24) is 4.90 Å². The Balaban J connectivity index is 2.72. The number of hydrogen-bond donors (Lipinski definition) is 0. The number of hydrogen-bond acceptors (Lipinski definition) is 3. The average molecular weight is 289 g/mol. The van der Waals surface area contributed by atoms with Gasteiger partial charge in [0.1, 0.15) is 0 Å². The molecule has 110 valence electrons. The van der Waals surface area contributed by atoms with Crippen molar-refractivity contribution in [3.63, 3.8) is 0 Å².